The minimum Gasteiger partial charge on any atom is -0.399 e. The number of nitrogens with one attached hydrogen (secondary N) is 1. The van der Waals surface area contributed by atoms with Crippen LogP contribution in [0.5, 0.6) is 0 Å². The number of halogens is 2. The third-order valence-corrected chi connectivity index (χ3v) is 7.03. The molecule has 31 heavy (non-hydrogen) atoms. The van der Waals surface area contributed by atoms with Crippen molar-refractivity contribution in [3.8, 4) is 11.3 Å². The Labute approximate surface area is 181 Å². The van der Waals surface area contributed by atoms with Gasteiger partial charge in [-0.15, -0.1) is 10.2 Å². The Morgan fingerprint density at radius 3 is 2.48 bits per heavy atom. The molecular weight excluding hydrogens is 400 g/mol. The summed E-state index contributed by atoms with van der Waals surface area (Å²) >= 11 is 0. The first-order valence-electron chi connectivity index (χ1n) is 11.2. The van der Waals surface area contributed by atoms with Crippen molar-refractivity contribution in [2.24, 2.45) is 17.8 Å². The first-order chi connectivity index (χ1) is 15.0. The van der Waals surface area contributed by atoms with Crippen LogP contribution in [-0.2, 0) is 4.74 Å². The summed E-state index contributed by atoms with van der Waals surface area (Å²) in [5, 5.41) is 11.8. The maximum Gasteiger partial charge on any atom is 0.168 e. The lowest BCUT2D eigenvalue weighted by molar-refractivity contribution is 0.0545. The molecule has 0 amide bonds. The first-order valence-corrected chi connectivity index (χ1v) is 11.2. The van der Waals surface area contributed by atoms with Gasteiger partial charge in [-0.25, -0.2) is 8.78 Å². The Bertz CT molecular complexity index is 905. The van der Waals surface area contributed by atoms with Gasteiger partial charge in [-0.2, -0.15) is 0 Å². The van der Waals surface area contributed by atoms with Gasteiger partial charge in [0, 0.05) is 50.1 Å². The van der Waals surface area contributed by atoms with E-state index in [-0.39, 0.29) is 16.9 Å². The molecule has 0 unspecified atom stereocenters. The number of ether oxygens (including phenoxy) is 1. The van der Waals surface area contributed by atoms with E-state index in [1.54, 1.807) is 12.1 Å². The Morgan fingerprint density at radius 2 is 1.81 bits per heavy atom. The van der Waals surface area contributed by atoms with Crippen molar-refractivity contribution >= 4 is 11.5 Å². The molecule has 3 N–H and O–H groups in total. The molecule has 3 fully saturated rings. The standard InChI is InChI=1S/C23H29F2N5O/c24-20-10-17(26)9-19(23(20)25)21-1-2-22(29-28-21)27-18-7-15-12-30(13-16(15)8-18)11-14-3-5-31-6-4-14/h1-2,9-10,14-16,18H,3-8,11-13,26H2,(H,27,29)/t15-,16-/m1/s1. The predicted molar refractivity (Wildman–Crippen MR) is 115 cm³/mol. The quantitative estimate of drug-likeness (QED) is 0.708. The SMILES string of the molecule is Nc1cc(F)c(F)c(-c2ccc(NC3C[C@@H]4CN(CC5CCOCC5)C[C@H]4C3)nn2)c1. The van der Waals surface area contributed by atoms with E-state index in [4.69, 9.17) is 10.5 Å². The van der Waals surface area contributed by atoms with Crippen molar-refractivity contribution in [1.82, 2.24) is 15.1 Å². The fraction of sp³-hybridized carbons (Fsp3) is 0.565. The summed E-state index contributed by atoms with van der Waals surface area (Å²) in [7, 11) is 0. The average molecular weight is 430 g/mol. The number of hydrogen-bond donors (Lipinski definition) is 2. The maximum absolute atomic E-state index is 14.1. The van der Waals surface area contributed by atoms with Gasteiger partial charge in [0.05, 0.1) is 5.69 Å². The molecule has 6 nitrogen and oxygen atoms in total. The zero-order valence-corrected chi connectivity index (χ0v) is 17.6. The van der Waals surface area contributed by atoms with Crippen molar-refractivity contribution < 1.29 is 13.5 Å². The van der Waals surface area contributed by atoms with Gasteiger partial charge in [0.1, 0.15) is 5.82 Å². The fourth-order valence-corrected chi connectivity index (χ4v) is 5.52. The third kappa shape index (κ3) is 4.50. The van der Waals surface area contributed by atoms with Gasteiger partial charge >= 0.3 is 0 Å². The Morgan fingerprint density at radius 1 is 1.06 bits per heavy atom. The number of fused-ring (bicyclic) bond motifs is 1. The summed E-state index contributed by atoms with van der Waals surface area (Å²) in [4.78, 5) is 2.65. The highest BCUT2D eigenvalue weighted by atomic mass is 19.2. The van der Waals surface area contributed by atoms with E-state index in [2.05, 4.69) is 20.4 Å². The number of nitrogen functional groups attached to an aromatic ring is 1. The molecule has 8 heteroatoms. The molecule has 5 rings (SSSR count). The number of nitrogens with two attached hydrogens (primary N) is 1. The summed E-state index contributed by atoms with van der Waals surface area (Å²) in [5.74, 6) is 0.967. The number of benzene rings is 1. The van der Waals surface area contributed by atoms with Crippen LogP contribution in [0.4, 0.5) is 20.3 Å². The molecule has 1 aliphatic carbocycles. The maximum atomic E-state index is 14.1. The van der Waals surface area contributed by atoms with E-state index < -0.39 is 11.6 Å². The van der Waals surface area contributed by atoms with E-state index in [1.807, 2.05) is 0 Å². The average Bonchev–Trinajstić information content (AvgIpc) is 3.30. The summed E-state index contributed by atoms with van der Waals surface area (Å²) in [6.45, 7) is 5.41. The van der Waals surface area contributed by atoms with E-state index in [9.17, 15) is 8.78 Å². The van der Waals surface area contributed by atoms with Gasteiger partial charge in [0.25, 0.3) is 0 Å². The van der Waals surface area contributed by atoms with Crippen LogP contribution in [0.1, 0.15) is 25.7 Å². The van der Waals surface area contributed by atoms with Gasteiger partial charge in [-0.1, -0.05) is 0 Å². The molecule has 2 atom stereocenters. The second kappa shape index (κ2) is 8.67. The van der Waals surface area contributed by atoms with E-state index >= 15 is 0 Å². The third-order valence-electron chi connectivity index (χ3n) is 7.03. The van der Waals surface area contributed by atoms with Crippen molar-refractivity contribution in [3.05, 3.63) is 35.9 Å². The highest BCUT2D eigenvalue weighted by molar-refractivity contribution is 5.65. The summed E-state index contributed by atoms with van der Waals surface area (Å²) in [6.07, 6.45) is 4.65. The molecule has 2 aromatic rings. The lowest BCUT2D eigenvalue weighted by atomic mass is 10.00. The van der Waals surface area contributed by atoms with Crippen LogP contribution in [0.15, 0.2) is 24.3 Å². The van der Waals surface area contributed by atoms with Crippen LogP contribution in [0.3, 0.4) is 0 Å². The summed E-state index contributed by atoms with van der Waals surface area (Å²) in [5.41, 5.74) is 6.08. The Hall–Kier alpha value is -2.32. The highest BCUT2D eigenvalue weighted by Crippen LogP contribution is 2.39. The lowest BCUT2D eigenvalue weighted by Gasteiger charge is -2.27. The number of hydrogen-bond acceptors (Lipinski definition) is 6. The normalized spacial score (nSPS) is 25.1. The Balaban J connectivity index is 1.16. The fourth-order valence-electron chi connectivity index (χ4n) is 5.52. The van der Waals surface area contributed by atoms with E-state index in [0.29, 0.717) is 11.9 Å². The van der Waals surface area contributed by atoms with Gasteiger partial charge in [0.2, 0.25) is 0 Å². The van der Waals surface area contributed by atoms with Crippen LogP contribution in [0.2, 0.25) is 0 Å². The predicted octanol–water partition coefficient (Wildman–Crippen LogP) is 3.55. The number of likely N-dealkylation sites (tertiary alicyclic amines) is 1. The molecule has 3 heterocycles. The number of rotatable bonds is 5. The number of aromatic nitrogens is 2. The number of anilines is 2. The van der Waals surface area contributed by atoms with Crippen molar-refractivity contribution in [3.63, 3.8) is 0 Å². The molecule has 1 saturated carbocycles. The zero-order valence-electron chi connectivity index (χ0n) is 17.6. The highest BCUT2D eigenvalue weighted by Gasteiger charge is 2.41. The molecule has 3 aliphatic rings. The lowest BCUT2D eigenvalue weighted by Crippen LogP contribution is -2.32. The van der Waals surface area contributed by atoms with E-state index in [1.165, 1.54) is 38.5 Å². The van der Waals surface area contributed by atoms with Gasteiger partial charge < -0.3 is 20.7 Å². The van der Waals surface area contributed by atoms with Crippen LogP contribution >= 0.6 is 0 Å². The monoisotopic (exact) mass is 429 g/mol. The molecule has 0 spiro atoms. The summed E-state index contributed by atoms with van der Waals surface area (Å²) in [6, 6.07) is 6.14. The van der Waals surface area contributed by atoms with Crippen molar-refractivity contribution in [2.45, 2.75) is 31.7 Å². The van der Waals surface area contributed by atoms with Gasteiger partial charge in [-0.05, 0) is 67.7 Å². The topological polar surface area (TPSA) is 76.3 Å². The van der Waals surface area contributed by atoms with E-state index in [0.717, 1.165) is 49.9 Å². The summed E-state index contributed by atoms with van der Waals surface area (Å²) < 4.78 is 33.2. The minimum absolute atomic E-state index is 0.0246. The van der Waals surface area contributed by atoms with Gasteiger partial charge in [-0.3, -0.25) is 0 Å². The van der Waals surface area contributed by atoms with Gasteiger partial charge in [0.15, 0.2) is 11.6 Å². The van der Waals surface area contributed by atoms with Crippen LogP contribution in [0, 0.1) is 29.4 Å². The van der Waals surface area contributed by atoms with Crippen LogP contribution < -0.4 is 11.1 Å². The van der Waals surface area contributed by atoms with Crippen molar-refractivity contribution in [2.75, 3.05) is 43.9 Å². The largest absolute Gasteiger partial charge is 0.399 e. The second-order valence-corrected chi connectivity index (χ2v) is 9.28. The minimum atomic E-state index is -0.984. The molecule has 0 radical (unpaired) electrons. The van der Waals surface area contributed by atoms with Crippen LogP contribution in [-0.4, -0.2) is 54.0 Å². The molecule has 0 bridgehead atoms. The molecule has 1 aromatic heterocycles. The smallest absolute Gasteiger partial charge is 0.168 e. The Kier molecular flexibility index (Phi) is 5.75. The van der Waals surface area contributed by atoms with Crippen molar-refractivity contribution in [1.29, 1.82) is 0 Å². The van der Waals surface area contributed by atoms with Crippen LogP contribution in [0.25, 0.3) is 11.3 Å². The molecular formula is C23H29F2N5O. The molecule has 2 aliphatic heterocycles. The zero-order chi connectivity index (χ0) is 21.4. The molecule has 166 valence electrons. The molecule has 2 saturated heterocycles. The molecule has 1 aromatic carbocycles. The number of nitrogens with zero attached hydrogens (tertiary/aromatic N) is 3. The second-order valence-electron chi connectivity index (χ2n) is 9.28. The first kappa shape index (κ1) is 20.6.